The number of carbonyl (C=O) groups is 1. The van der Waals surface area contributed by atoms with Crippen molar-refractivity contribution in [3.8, 4) is 22.9 Å². The van der Waals surface area contributed by atoms with E-state index in [2.05, 4.69) is 15.3 Å². The van der Waals surface area contributed by atoms with Crippen LogP contribution in [-0.2, 0) is 0 Å². The lowest BCUT2D eigenvalue weighted by Crippen LogP contribution is -2.12. The van der Waals surface area contributed by atoms with Crippen LogP contribution in [0.4, 0.5) is 5.69 Å². The Kier molecular flexibility index (Phi) is 4.22. The number of hydrogen-bond donors (Lipinski definition) is 3. The van der Waals surface area contributed by atoms with Crippen molar-refractivity contribution in [3.63, 3.8) is 0 Å². The smallest absolute Gasteiger partial charge is 0.255 e. The van der Waals surface area contributed by atoms with Crippen molar-refractivity contribution in [3.05, 3.63) is 72.3 Å². The minimum absolute atomic E-state index is 0.0161. The molecule has 6 heteroatoms. The minimum atomic E-state index is -0.263. The fourth-order valence-electron chi connectivity index (χ4n) is 2.86. The van der Waals surface area contributed by atoms with E-state index >= 15 is 0 Å². The van der Waals surface area contributed by atoms with E-state index in [0.29, 0.717) is 22.8 Å². The lowest BCUT2D eigenvalue weighted by atomic mass is 10.1. The van der Waals surface area contributed by atoms with Crippen LogP contribution < -0.4 is 10.1 Å². The SMILES string of the molecule is COc1cc(NC(=O)c2cccc(-c3nc4ccccc4[nH]3)c2)ccc1O. The van der Waals surface area contributed by atoms with Gasteiger partial charge in [-0.15, -0.1) is 0 Å². The van der Waals surface area contributed by atoms with Crippen LogP contribution in [0.5, 0.6) is 11.5 Å². The van der Waals surface area contributed by atoms with E-state index < -0.39 is 0 Å². The van der Waals surface area contributed by atoms with Gasteiger partial charge in [-0.3, -0.25) is 4.79 Å². The van der Waals surface area contributed by atoms with Gasteiger partial charge in [-0.1, -0.05) is 24.3 Å². The Balaban J connectivity index is 1.61. The third-order valence-corrected chi connectivity index (χ3v) is 4.23. The summed E-state index contributed by atoms with van der Waals surface area (Å²) < 4.78 is 5.06. The van der Waals surface area contributed by atoms with Crippen molar-refractivity contribution < 1.29 is 14.6 Å². The molecular formula is C21H17N3O3. The van der Waals surface area contributed by atoms with E-state index in [1.165, 1.54) is 13.2 Å². The van der Waals surface area contributed by atoms with Gasteiger partial charge in [0.25, 0.3) is 5.91 Å². The van der Waals surface area contributed by atoms with Crippen molar-refractivity contribution >= 4 is 22.6 Å². The van der Waals surface area contributed by atoms with Gasteiger partial charge in [-0.2, -0.15) is 0 Å². The van der Waals surface area contributed by atoms with Gasteiger partial charge in [0.05, 0.1) is 18.1 Å². The average molecular weight is 359 g/mol. The molecule has 1 aromatic heterocycles. The number of H-pyrrole nitrogens is 1. The molecule has 0 saturated heterocycles. The Morgan fingerprint density at radius 2 is 1.93 bits per heavy atom. The molecule has 0 bridgehead atoms. The summed E-state index contributed by atoms with van der Waals surface area (Å²) in [4.78, 5) is 20.4. The number of methoxy groups -OCH3 is 1. The van der Waals surface area contributed by atoms with E-state index in [1.54, 1.807) is 24.3 Å². The lowest BCUT2D eigenvalue weighted by molar-refractivity contribution is 0.102. The highest BCUT2D eigenvalue weighted by molar-refractivity contribution is 6.05. The van der Waals surface area contributed by atoms with Crippen LogP contribution in [0.25, 0.3) is 22.4 Å². The van der Waals surface area contributed by atoms with Crippen molar-refractivity contribution in [1.29, 1.82) is 0 Å². The summed E-state index contributed by atoms with van der Waals surface area (Å²) in [6.07, 6.45) is 0. The van der Waals surface area contributed by atoms with Gasteiger partial charge in [0.1, 0.15) is 5.82 Å². The van der Waals surface area contributed by atoms with Crippen LogP contribution in [0.2, 0.25) is 0 Å². The second-order valence-corrected chi connectivity index (χ2v) is 6.02. The molecule has 0 aliphatic carbocycles. The third-order valence-electron chi connectivity index (χ3n) is 4.23. The van der Waals surface area contributed by atoms with Gasteiger partial charge in [-0.25, -0.2) is 4.98 Å². The number of phenolic OH excluding ortho intramolecular Hbond substituents is 1. The maximum atomic E-state index is 12.6. The molecule has 1 amide bonds. The van der Waals surface area contributed by atoms with Crippen molar-refractivity contribution in [2.75, 3.05) is 12.4 Å². The predicted octanol–water partition coefficient (Wildman–Crippen LogP) is 4.20. The summed E-state index contributed by atoms with van der Waals surface area (Å²) in [6.45, 7) is 0. The zero-order valence-corrected chi connectivity index (χ0v) is 14.6. The number of amides is 1. The predicted molar refractivity (Wildman–Crippen MR) is 104 cm³/mol. The summed E-state index contributed by atoms with van der Waals surface area (Å²) in [5.41, 5.74) is 3.67. The molecule has 0 aliphatic heterocycles. The quantitative estimate of drug-likeness (QED) is 0.477. The van der Waals surface area contributed by atoms with Gasteiger partial charge in [0.15, 0.2) is 11.5 Å². The first-order valence-corrected chi connectivity index (χ1v) is 8.37. The minimum Gasteiger partial charge on any atom is -0.504 e. The van der Waals surface area contributed by atoms with Gasteiger partial charge in [-0.05, 0) is 36.4 Å². The molecule has 1 heterocycles. The second kappa shape index (κ2) is 6.84. The lowest BCUT2D eigenvalue weighted by Gasteiger charge is -2.09. The molecule has 0 atom stereocenters. The molecule has 0 unspecified atom stereocenters. The van der Waals surface area contributed by atoms with Crippen LogP contribution >= 0.6 is 0 Å². The summed E-state index contributed by atoms with van der Waals surface area (Å²) in [5.74, 6) is 0.754. The van der Waals surface area contributed by atoms with E-state index in [9.17, 15) is 9.90 Å². The van der Waals surface area contributed by atoms with Crippen LogP contribution in [0.3, 0.4) is 0 Å². The topological polar surface area (TPSA) is 87.2 Å². The van der Waals surface area contributed by atoms with Crippen molar-refractivity contribution in [2.24, 2.45) is 0 Å². The number of anilines is 1. The Labute approximate surface area is 155 Å². The zero-order chi connectivity index (χ0) is 18.8. The number of aromatic amines is 1. The van der Waals surface area contributed by atoms with Crippen LogP contribution in [0.15, 0.2) is 66.7 Å². The van der Waals surface area contributed by atoms with Crippen LogP contribution in [-0.4, -0.2) is 28.1 Å². The normalized spacial score (nSPS) is 10.7. The summed E-state index contributed by atoms with van der Waals surface area (Å²) in [5, 5.41) is 12.5. The Morgan fingerprint density at radius 1 is 1.07 bits per heavy atom. The molecule has 6 nitrogen and oxygen atoms in total. The Bertz CT molecular complexity index is 1100. The summed E-state index contributed by atoms with van der Waals surface area (Å²) in [6, 6.07) is 19.7. The molecule has 0 fully saturated rings. The number of fused-ring (bicyclic) bond motifs is 1. The number of carbonyl (C=O) groups excluding carboxylic acids is 1. The molecule has 4 rings (SSSR count). The first-order valence-electron chi connectivity index (χ1n) is 8.37. The third kappa shape index (κ3) is 3.32. The van der Waals surface area contributed by atoms with Gasteiger partial charge < -0.3 is 20.1 Å². The molecule has 0 spiro atoms. The van der Waals surface area contributed by atoms with Crippen LogP contribution in [0, 0.1) is 0 Å². The highest BCUT2D eigenvalue weighted by Gasteiger charge is 2.11. The van der Waals surface area contributed by atoms with Gasteiger partial charge in [0.2, 0.25) is 0 Å². The molecule has 0 saturated carbocycles. The number of rotatable bonds is 4. The fourth-order valence-corrected chi connectivity index (χ4v) is 2.86. The first kappa shape index (κ1) is 16.7. The average Bonchev–Trinajstić information content (AvgIpc) is 3.14. The number of imidazole rings is 1. The van der Waals surface area contributed by atoms with Crippen molar-refractivity contribution in [1.82, 2.24) is 9.97 Å². The Morgan fingerprint density at radius 3 is 2.74 bits per heavy atom. The number of para-hydroxylation sites is 2. The number of nitrogens with one attached hydrogen (secondary N) is 2. The largest absolute Gasteiger partial charge is 0.504 e. The number of hydrogen-bond acceptors (Lipinski definition) is 4. The van der Waals surface area contributed by atoms with E-state index in [1.807, 2.05) is 36.4 Å². The molecule has 3 aromatic carbocycles. The fraction of sp³-hybridized carbons (Fsp3) is 0.0476. The van der Waals surface area contributed by atoms with E-state index in [4.69, 9.17) is 4.74 Å². The highest BCUT2D eigenvalue weighted by atomic mass is 16.5. The van der Waals surface area contributed by atoms with E-state index in [0.717, 1.165) is 16.6 Å². The molecule has 27 heavy (non-hydrogen) atoms. The number of aromatic hydroxyl groups is 1. The Hall–Kier alpha value is -3.80. The molecule has 4 aromatic rings. The molecule has 0 radical (unpaired) electrons. The number of benzene rings is 3. The number of ether oxygens (including phenoxy) is 1. The number of aromatic nitrogens is 2. The maximum Gasteiger partial charge on any atom is 0.255 e. The molecular weight excluding hydrogens is 342 g/mol. The molecule has 0 aliphatic rings. The molecule has 134 valence electrons. The summed E-state index contributed by atoms with van der Waals surface area (Å²) in [7, 11) is 1.46. The zero-order valence-electron chi connectivity index (χ0n) is 14.6. The van der Waals surface area contributed by atoms with Gasteiger partial charge in [0, 0.05) is 22.9 Å². The van der Waals surface area contributed by atoms with Crippen LogP contribution in [0.1, 0.15) is 10.4 Å². The van der Waals surface area contributed by atoms with Gasteiger partial charge >= 0.3 is 0 Å². The monoisotopic (exact) mass is 359 g/mol. The molecule has 3 N–H and O–H groups in total. The van der Waals surface area contributed by atoms with Crippen molar-refractivity contribution in [2.45, 2.75) is 0 Å². The highest BCUT2D eigenvalue weighted by Crippen LogP contribution is 2.29. The first-order chi connectivity index (χ1) is 13.1. The van der Waals surface area contributed by atoms with E-state index in [-0.39, 0.29) is 11.7 Å². The second-order valence-electron chi connectivity index (χ2n) is 6.02. The number of nitrogens with zero attached hydrogens (tertiary/aromatic N) is 1. The summed E-state index contributed by atoms with van der Waals surface area (Å²) >= 11 is 0. The number of phenols is 1. The standard InChI is InChI=1S/C21H17N3O3/c1-27-19-12-15(9-10-18(19)25)22-21(26)14-6-4-5-13(11-14)20-23-16-7-2-3-8-17(16)24-20/h2-12,25H,1H3,(H,22,26)(H,23,24). The maximum absolute atomic E-state index is 12.6.